The number of anilines is 1. The van der Waals surface area contributed by atoms with Crippen LogP contribution in [0.4, 0.5) is 5.69 Å². The summed E-state index contributed by atoms with van der Waals surface area (Å²) in [6.45, 7) is 2.18. The van der Waals surface area contributed by atoms with Crippen LogP contribution in [-0.2, 0) is 4.79 Å². The second-order valence-corrected chi connectivity index (χ2v) is 5.13. The van der Waals surface area contributed by atoms with Crippen molar-refractivity contribution in [2.45, 2.75) is 38.6 Å². The van der Waals surface area contributed by atoms with Crippen molar-refractivity contribution >= 4 is 11.6 Å². The van der Waals surface area contributed by atoms with Crippen LogP contribution in [-0.4, -0.2) is 18.6 Å². The molecule has 19 heavy (non-hydrogen) atoms. The van der Waals surface area contributed by atoms with Crippen LogP contribution in [0.2, 0.25) is 0 Å². The van der Waals surface area contributed by atoms with Gasteiger partial charge in [-0.2, -0.15) is 0 Å². The molecule has 0 spiro atoms. The maximum absolute atomic E-state index is 10.6. The van der Waals surface area contributed by atoms with E-state index in [1.807, 2.05) is 24.3 Å². The molecule has 1 aliphatic carbocycles. The van der Waals surface area contributed by atoms with Crippen molar-refractivity contribution in [2.75, 3.05) is 11.9 Å². The maximum Gasteiger partial charge on any atom is 0.255 e. The van der Waals surface area contributed by atoms with Crippen molar-refractivity contribution in [3.05, 3.63) is 24.3 Å². The zero-order valence-corrected chi connectivity index (χ0v) is 11.4. The van der Waals surface area contributed by atoms with E-state index in [0.29, 0.717) is 11.8 Å². The molecule has 0 bridgehead atoms. The topological polar surface area (TPSA) is 64.3 Å². The highest BCUT2D eigenvalue weighted by atomic mass is 16.5. The van der Waals surface area contributed by atoms with Crippen molar-refractivity contribution in [2.24, 2.45) is 11.7 Å². The number of nitrogens with two attached hydrogens (primary N) is 1. The quantitative estimate of drug-likeness (QED) is 0.828. The van der Waals surface area contributed by atoms with Crippen LogP contribution in [0.15, 0.2) is 24.3 Å². The molecule has 0 aromatic heterocycles. The van der Waals surface area contributed by atoms with Gasteiger partial charge in [0.1, 0.15) is 5.75 Å². The molecule has 4 nitrogen and oxygen atoms in total. The summed E-state index contributed by atoms with van der Waals surface area (Å²) in [6, 6.07) is 8.29. The first-order chi connectivity index (χ1) is 9.19. The van der Waals surface area contributed by atoms with E-state index in [9.17, 15) is 4.79 Å². The summed E-state index contributed by atoms with van der Waals surface area (Å²) in [5.41, 5.74) is 6.14. The van der Waals surface area contributed by atoms with Crippen LogP contribution in [0, 0.1) is 5.92 Å². The fraction of sp³-hybridized carbons (Fsp3) is 0.533. The van der Waals surface area contributed by atoms with Gasteiger partial charge in [-0.25, -0.2) is 0 Å². The van der Waals surface area contributed by atoms with E-state index in [4.69, 9.17) is 10.5 Å². The Hall–Kier alpha value is -1.71. The van der Waals surface area contributed by atoms with Crippen molar-refractivity contribution in [3.63, 3.8) is 0 Å². The summed E-state index contributed by atoms with van der Waals surface area (Å²) in [5, 5.41) is 3.59. The van der Waals surface area contributed by atoms with Crippen LogP contribution >= 0.6 is 0 Å². The lowest BCUT2D eigenvalue weighted by Crippen LogP contribution is -2.23. The predicted molar refractivity (Wildman–Crippen MR) is 76.2 cm³/mol. The number of benzene rings is 1. The van der Waals surface area contributed by atoms with Gasteiger partial charge in [-0.1, -0.05) is 19.8 Å². The Morgan fingerprint density at radius 1 is 1.37 bits per heavy atom. The van der Waals surface area contributed by atoms with E-state index >= 15 is 0 Å². The summed E-state index contributed by atoms with van der Waals surface area (Å²) in [5.74, 6) is 0.993. The maximum atomic E-state index is 10.6. The van der Waals surface area contributed by atoms with Crippen molar-refractivity contribution in [1.29, 1.82) is 0 Å². The third-order valence-electron chi connectivity index (χ3n) is 3.77. The number of hydrogen-bond donors (Lipinski definition) is 2. The van der Waals surface area contributed by atoms with Gasteiger partial charge in [0.2, 0.25) is 0 Å². The van der Waals surface area contributed by atoms with Crippen LogP contribution in [0.3, 0.4) is 0 Å². The SMILES string of the molecule is CCC1CCCC1Nc1ccc(OCC(N)=O)cc1. The highest BCUT2D eigenvalue weighted by Crippen LogP contribution is 2.31. The second kappa shape index (κ2) is 6.45. The molecule has 1 amide bonds. The second-order valence-electron chi connectivity index (χ2n) is 5.13. The molecule has 0 radical (unpaired) electrons. The summed E-state index contributed by atoms with van der Waals surface area (Å²) >= 11 is 0. The Labute approximate surface area is 114 Å². The molecule has 1 fully saturated rings. The molecule has 4 heteroatoms. The lowest BCUT2D eigenvalue weighted by molar-refractivity contribution is -0.119. The normalized spacial score (nSPS) is 22.2. The van der Waals surface area contributed by atoms with Crippen LogP contribution in [0.1, 0.15) is 32.6 Å². The Morgan fingerprint density at radius 2 is 2.11 bits per heavy atom. The van der Waals surface area contributed by atoms with Crippen molar-refractivity contribution in [1.82, 2.24) is 0 Å². The van der Waals surface area contributed by atoms with Gasteiger partial charge in [0, 0.05) is 11.7 Å². The molecule has 2 rings (SSSR count). The van der Waals surface area contributed by atoms with Gasteiger partial charge in [-0.3, -0.25) is 4.79 Å². The predicted octanol–water partition coefficient (Wildman–Crippen LogP) is 2.54. The molecule has 3 N–H and O–H groups in total. The summed E-state index contributed by atoms with van der Waals surface area (Å²) in [7, 11) is 0. The molecular formula is C15H22N2O2. The summed E-state index contributed by atoms with van der Waals surface area (Å²) < 4.78 is 5.23. The van der Waals surface area contributed by atoms with E-state index in [2.05, 4.69) is 12.2 Å². The molecule has 2 unspecified atom stereocenters. The van der Waals surface area contributed by atoms with Crippen molar-refractivity contribution in [3.8, 4) is 5.75 Å². The zero-order valence-electron chi connectivity index (χ0n) is 11.4. The number of carbonyl (C=O) groups is 1. The standard InChI is InChI=1S/C15H22N2O2/c1-2-11-4-3-5-14(11)17-12-6-8-13(9-7-12)19-10-15(16)18/h6-9,11,14,17H,2-5,10H2,1H3,(H2,16,18). The number of amides is 1. The van der Waals surface area contributed by atoms with E-state index in [0.717, 1.165) is 11.6 Å². The molecule has 0 heterocycles. The Morgan fingerprint density at radius 3 is 2.74 bits per heavy atom. The first-order valence-corrected chi connectivity index (χ1v) is 6.96. The lowest BCUT2D eigenvalue weighted by Gasteiger charge is -2.21. The van der Waals surface area contributed by atoms with Gasteiger partial charge in [0.25, 0.3) is 5.91 Å². The van der Waals surface area contributed by atoms with Crippen LogP contribution in [0.25, 0.3) is 0 Å². The minimum atomic E-state index is -0.459. The smallest absolute Gasteiger partial charge is 0.255 e. The average molecular weight is 262 g/mol. The molecule has 104 valence electrons. The Bertz CT molecular complexity index is 417. The van der Waals surface area contributed by atoms with E-state index in [1.54, 1.807) is 0 Å². The first kappa shape index (κ1) is 13.7. The van der Waals surface area contributed by atoms with Gasteiger partial charge >= 0.3 is 0 Å². The minimum absolute atomic E-state index is 0.0761. The first-order valence-electron chi connectivity index (χ1n) is 6.96. The third kappa shape index (κ3) is 3.88. The zero-order chi connectivity index (χ0) is 13.7. The van der Waals surface area contributed by atoms with Gasteiger partial charge in [0.15, 0.2) is 6.61 Å². The monoisotopic (exact) mass is 262 g/mol. The lowest BCUT2D eigenvalue weighted by atomic mass is 10.0. The highest BCUT2D eigenvalue weighted by Gasteiger charge is 2.25. The van der Waals surface area contributed by atoms with Crippen LogP contribution in [0.5, 0.6) is 5.75 Å². The van der Waals surface area contributed by atoms with Gasteiger partial charge in [-0.15, -0.1) is 0 Å². The van der Waals surface area contributed by atoms with E-state index in [1.165, 1.54) is 25.7 Å². The van der Waals surface area contributed by atoms with E-state index in [-0.39, 0.29) is 6.61 Å². The fourth-order valence-corrected chi connectivity index (χ4v) is 2.73. The third-order valence-corrected chi connectivity index (χ3v) is 3.77. The molecule has 1 aromatic rings. The number of carbonyl (C=O) groups excluding carboxylic acids is 1. The molecule has 0 aliphatic heterocycles. The fourth-order valence-electron chi connectivity index (χ4n) is 2.73. The Balaban J connectivity index is 1.89. The number of primary amides is 1. The van der Waals surface area contributed by atoms with Crippen molar-refractivity contribution < 1.29 is 9.53 Å². The number of hydrogen-bond acceptors (Lipinski definition) is 3. The van der Waals surface area contributed by atoms with Gasteiger partial charge in [-0.05, 0) is 43.0 Å². The van der Waals surface area contributed by atoms with Crippen LogP contribution < -0.4 is 15.8 Å². The Kier molecular flexibility index (Phi) is 4.66. The molecule has 1 aliphatic rings. The van der Waals surface area contributed by atoms with E-state index < -0.39 is 5.91 Å². The molecule has 1 aromatic carbocycles. The molecule has 1 saturated carbocycles. The molecule has 2 atom stereocenters. The molecule has 0 saturated heterocycles. The minimum Gasteiger partial charge on any atom is -0.484 e. The number of nitrogens with one attached hydrogen (secondary N) is 1. The number of rotatable bonds is 6. The number of ether oxygens (including phenoxy) is 1. The van der Waals surface area contributed by atoms with Gasteiger partial charge < -0.3 is 15.8 Å². The van der Waals surface area contributed by atoms with Gasteiger partial charge in [0.05, 0.1) is 0 Å². The largest absolute Gasteiger partial charge is 0.484 e. The summed E-state index contributed by atoms with van der Waals surface area (Å²) in [6.07, 6.45) is 5.12. The summed E-state index contributed by atoms with van der Waals surface area (Å²) in [4.78, 5) is 10.6. The average Bonchev–Trinajstić information content (AvgIpc) is 2.85. The molecular weight excluding hydrogens is 240 g/mol. The highest BCUT2D eigenvalue weighted by molar-refractivity contribution is 5.75.